The van der Waals surface area contributed by atoms with Crippen LogP contribution in [0.25, 0.3) is 0 Å². The van der Waals surface area contributed by atoms with E-state index in [-0.39, 0.29) is 37.0 Å². The summed E-state index contributed by atoms with van der Waals surface area (Å²) in [5, 5.41) is 0. The molecule has 0 aliphatic rings. The van der Waals surface area contributed by atoms with Crippen LogP contribution in [-0.2, 0) is 14.4 Å². The average molecular weight is 247 g/mol. The Labute approximate surface area is 95.7 Å². The van der Waals surface area contributed by atoms with E-state index in [1.54, 1.807) is 0 Å². The Morgan fingerprint density at radius 3 is 1.12 bits per heavy atom. The van der Waals surface area contributed by atoms with Gasteiger partial charge < -0.3 is 17.2 Å². The Morgan fingerprint density at radius 1 is 0.688 bits per heavy atom. The number of rotatable bonds is 9. The zero-order valence-electron chi connectivity index (χ0n) is 9.15. The Bertz CT molecular complexity index is 228. The largest absolute Gasteiger partial charge is 0.370 e. The normalized spacial score (nSPS) is 10.3. The zero-order valence-corrected chi connectivity index (χ0v) is 10.0. The third kappa shape index (κ3) is 9.40. The predicted octanol–water partition coefficient (Wildman–Crippen LogP) is -0.905. The van der Waals surface area contributed by atoms with Gasteiger partial charge in [0.05, 0.1) is 0 Å². The Morgan fingerprint density at radius 2 is 0.938 bits per heavy atom. The second kappa shape index (κ2) is 8.05. The van der Waals surface area contributed by atoms with E-state index in [9.17, 15) is 14.4 Å². The van der Waals surface area contributed by atoms with Crippen LogP contribution in [0.1, 0.15) is 19.3 Å². The molecule has 6 nitrogen and oxygen atoms in total. The number of amides is 3. The highest BCUT2D eigenvalue weighted by Crippen LogP contribution is 2.37. The number of hydrogen-bond acceptors (Lipinski definition) is 3. The van der Waals surface area contributed by atoms with Gasteiger partial charge in [0.15, 0.2) is 0 Å². The minimum atomic E-state index is -0.561. The lowest BCUT2D eigenvalue weighted by Crippen LogP contribution is -2.17. The molecule has 0 heterocycles. The molecule has 0 aliphatic heterocycles. The first-order chi connectivity index (χ1) is 7.41. The summed E-state index contributed by atoms with van der Waals surface area (Å²) in [7, 11) is -0.561. The maximum Gasteiger partial charge on any atom is 0.217 e. The highest BCUT2D eigenvalue weighted by atomic mass is 31.1. The predicted molar refractivity (Wildman–Crippen MR) is 63.0 cm³/mol. The van der Waals surface area contributed by atoms with Gasteiger partial charge in [-0.2, -0.15) is 0 Å². The van der Waals surface area contributed by atoms with Crippen molar-refractivity contribution in [1.29, 1.82) is 0 Å². The lowest BCUT2D eigenvalue weighted by molar-refractivity contribution is -0.118. The monoisotopic (exact) mass is 247 g/mol. The van der Waals surface area contributed by atoms with E-state index in [0.29, 0.717) is 18.5 Å². The van der Waals surface area contributed by atoms with Crippen molar-refractivity contribution in [2.24, 2.45) is 17.2 Å². The average Bonchev–Trinajstić information content (AvgIpc) is 2.15. The van der Waals surface area contributed by atoms with Crippen molar-refractivity contribution in [1.82, 2.24) is 0 Å². The molecule has 0 aliphatic carbocycles. The van der Waals surface area contributed by atoms with Gasteiger partial charge in [-0.25, -0.2) is 0 Å². The van der Waals surface area contributed by atoms with Crippen LogP contribution in [0.2, 0.25) is 0 Å². The molecule has 7 heteroatoms. The second-order valence-corrected chi connectivity index (χ2v) is 6.17. The van der Waals surface area contributed by atoms with Crippen LogP contribution in [0.5, 0.6) is 0 Å². The van der Waals surface area contributed by atoms with Gasteiger partial charge in [-0.1, -0.05) is 0 Å². The van der Waals surface area contributed by atoms with Gasteiger partial charge in [0.1, 0.15) is 0 Å². The second-order valence-electron chi connectivity index (χ2n) is 3.49. The molecule has 6 N–H and O–H groups in total. The summed E-state index contributed by atoms with van der Waals surface area (Å²) in [5.74, 6) is -1.11. The number of carbonyl (C=O) groups is 3. The molecule has 0 atom stereocenters. The topological polar surface area (TPSA) is 129 Å². The maximum absolute atomic E-state index is 10.6. The van der Waals surface area contributed by atoms with Gasteiger partial charge >= 0.3 is 0 Å². The molecule has 0 spiro atoms. The number of primary amides is 3. The van der Waals surface area contributed by atoms with Crippen molar-refractivity contribution in [3.05, 3.63) is 0 Å². The molecular formula is C9H18N3O3P. The van der Waals surface area contributed by atoms with E-state index in [4.69, 9.17) is 17.2 Å². The summed E-state index contributed by atoms with van der Waals surface area (Å²) in [4.78, 5) is 31.9. The van der Waals surface area contributed by atoms with Gasteiger partial charge in [0, 0.05) is 19.3 Å². The van der Waals surface area contributed by atoms with Crippen molar-refractivity contribution in [3.8, 4) is 0 Å². The van der Waals surface area contributed by atoms with E-state index >= 15 is 0 Å². The van der Waals surface area contributed by atoms with Crippen molar-refractivity contribution in [2.45, 2.75) is 19.3 Å². The van der Waals surface area contributed by atoms with Crippen molar-refractivity contribution < 1.29 is 14.4 Å². The standard InChI is InChI=1S/C9H18N3O3P/c10-7(13)1-4-16(5-2-8(11)14)6-3-9(12)15/h1-6H2,(H2,10,13)(H2,11,14)(H2,12,15). The molecule has 0 radical (unpaired) electrons. The first-order valence-electron chi connectivity index (χ1n) is 4.99. The van der Waals surface area contributed by atoms with Crippen LogP contribution in [0.4, 0.5) is 0 Å². The molecule has 0 saturated heterocycles. The molecule has 0 fully saturated rings. The van der Waals surface area contributed by atoms with Crippen LogP contribution in [-0.4, -0.2) is 36.2 Å². The first kappa shape index (κ1) is 14.8. The van der Waals surface area contributed by atoms with Crippen LogP contribution in [0, 0.1) is 0 Å². The molecule has 92 valence electrons. The van der Waals surface area contributed by atoms with Crippen LogP contribution >= 0.6 is 7.92 Å². The van der Waals surface area contributed by atoms with Gasteiger partial charge in [0.25, 0.3) is 0 Å². The number of nitrogens with two attached hydrogens (primary N) is 3. The summed E-state index contributed by atoms with van der Waals surface area (Å²) in [6, 6.07) is 0. The fraction of sp³-hybridized carbons (Fsp3) is 0.667. The van der Waals surface area contributed by atoms with Gasteiger partial charge in [-0.15, -0.1) is 7.92 Å². The quantitative estimate of drug-likeness (QED) is 0.456. The minimum absolute atomic E-state index is 0.281. The summed E-state index contributed by atoms with van der Waals surface area (Å²) in [5.41, 5.74) is 15.1. The number of hydrogen-bond donors (Lipinski definition) is 3. The van der Waals surface area contributed by atoms with Crippen LogP contribution in [0.3, 0.4) is 0 Å². The third-order valence-corrected chi connectivity index (χ3v) is 4.59. The van der Waals surface area contributed by atoms with E-state index < -0.39 is 7.92 Å². The molecule has 0 bridgehead atoms. The molecule has 0 aromatic rings. The van der Waals surface area contributed by atoms with E-state index in [0.717, 1.165) is 0 Å². The third-order valence-electron chi connectivity index (χ3n) is 2.02. The van der Waals surface area contributed by atoms with E-state index in [2.05, 4.69) is 0 Å². The van der Waals surface area contributed by atoms with Crippen LogP contribution in [0.15, 0.2) is 0 Å². The Balaban J connectivity index is 3.98. The SMILES string of the molecule is NC(=O)CCP(CCC(N)=O)CCC(N)=O. The van der Waals surface area contributed by atoms with Crippen LogP contribution < -0.4 is 17.2 Å². The Kier molecular flexibility index (Phi) is 7.46. The summed E-state index contributed by atoms with van der Waals surface area (Å²) >= 11 is 0. The van der Waals surface area contributed by atoms with Crippen molar-refractivity contribution >= 4 is 25.6 Å². The molecule has 0 aromatic carbocycles. The maximum atomic E-state index is 10.6. The fourth-order valence-corrected chi connectivity index (χ4v) is 3.42. The fourth-order valence-electron chi connectivity index (χ4n) is 1.14. The van der Waals surface area contributed by atoms with Gasteiger partial charge in [-0.05, 0) is 18.5 Å². The van der Waals surface area contributed by atoms with Crippen molar-refractivity contribution in [3.63, 3.8) is 0 Å². The smallest absolute Gasteiger partial charge is 0.217 e. The van der Waals surface area contributed by atoms with Gasteiger partial charge in [-0.3, -0.25) is 14.4 Å². The van der Waals surface area contributed by atoms with Crippen molar-refractivity contribution in [2.75, 3.05) is 18.5 Å². The molecule has 0 rings (SSSR count). The highest BCUT2D eigenvalue weighted by Gasteiger charge is 2.12. The molecular weight excluding hydrogens is 229 g/mol. The molecule has 0 aromatic heterocycles. The number of carbonyl (C=O) groups excluding carboxylic acids is 3. The minimum Gasteiger partial charge on any atom is -0.370 e. The first-order valence-corrected chi connectivity index (χ1v) is 6.89. The summed E-state index contributed by atoms with van der Waals surface area (Å²) < 4.78 is 0. The highest BCUT2D eigenvalue weighted by molar-refractivity contribution is 7.57. The van der Waals surface area contributed by atoms with E-state index in [1.165, 1.54) is 0 Å². The molecule has 16 heavy (non-hydrogen) atoms. The molecule has 0 saturated carbocycles. The summed E-state index contributed by atoms with van der Waals surface area (Å²) in [6.07, 6.45) is 2.73. The molecule has 3 amide bonds. The van der Waals surface area contributed by atoms with Gasteiger partial charge in [0.2, 0.25) is 17.7 Å². The van der Waals surface area contributed by atoms with E-state index in [1.807, 2.05) is 0 Å². The zero-order chi connectivity index (χ0) is 12.6. The lowest BCUT2D eigenvalue weighted by atomic mass is 10.5. The Hall–Kier alpha value is -1.16. The lowest BCUT2D eigenvalue weighted by Gasteiger charge is -2.15. The molecule has 0 unspecified atom stereocenters. The summed E-state index contributed by atoms with van der Waals surface area (Å²) in [6.45, 7) is 0.